The van der Waals surface area contributed by atoms with Crippen molar-refractivity contribution >= 4 is 21.6 Å². The third-order valence-corrected chi connectivity index (χ3v) is 3.84. The zero-order valence-electron chi connectivity index (χ0n) is 12.4. The molecule has 0 spiro atoms. The standard InChI is InChI=1S/C17H20BrFN2/c1-3-20-11-14-10-15(18)6-9-17(14)21(2)12-13-4-7-16(19)8-5-13/h4-10,20H,3,11-12H2,1-2H3. The van der Waals surface area contributed by atoms with Crippen molar-refractivity contribution in [3.8, 4) is 0 Å². The summed E-state index contributed by atoms with van der Waals surface area (Å²) in [7, 11) is 2.06. The number of benzene rings is 2. The molecule has 2 nitrogen and oxygen atoms in total. The van der Waals surface area contributed by atoms with Crippen LogP contribution in [0.2, 0.25) is 0 Å². The quantitative estimate of drug-likeness (QED) is 0.833. The first-order valence-electron chi connectivity index (χ1n) is 7.05. The van der Waals surface area contributed by atoms with E-state index in [4.69, 9.17) is 0 Å². The Balaban J connectivity index is 2.17. The van der Waals surface area contributed by atoms with Gasteiger partial charge in [0.1, 0.15) is 5.82 Å². The molecule has 0 bridgehead atoms. The molecular weight excluding hydrogens is 331 g/mol. The van der Waals surface area contributed by atoms with Crippen LogP contribution in [0.4, 0.5) is 10.1 Å². The molecule has 0 amide bonds. The maximum atomic E-state index is 13.0. The molecule has 0 saturated carbocycles. The number of anilines is 1. The smallest absolute Gasteiger partial charge is 0.123 e. The highest BCUT2D eigenvalue weighted by molar-refractivity contribution is 9.10. The van der Waals surface area contributed by atoms with Crippen LogP contribution in [0.5, 0.6) is 0 Å². The number of rotatable bonds is 6. The summed E-state index contributed by atoms with van der Waals surface area (Å²) in [5.74, 6) is -0.196. The van der Waals surface area contributed by atoms with Gasteiger partial charge >= 0.3 is 0 Å². The lowest BCUT2D eigenvalue weighted by Gasteiger charge is -2.23. The van der Waals surface area contributed by atoms with E-state index in [0.29, 0.717) is 0 Å². The molecule has 2 aromatic carbocycles. The lowest BCUT2D eigenvalue weighted by atomic mass is 10.1. The Morgan fingerprint density at radius 3 is 2.52 bits per heavy atom. The van der Waals surface area contributed by atoms with Gasteiger partial charge in [-0.1, -0.05) is 35.0 Å². The summed E-state index contributed by atoms with van der Waals surface area (Å²) in [5.41, 5.74) is 3.52. The van der Waals surface area contributed by atoms with E-state index in [1.807, 2.05) is 18.2 Å². The molecule has 0 heterocycles. The first kappa shape index (κ1) is 16.0. The molecule has 0 aliphatic rings. The lowest BCUT2D eigenvalue weighted by molar-refractivity contribution is 0.627. The van der Waals surface area contributed by atoms with Gasteiger partial charge in [-0.05, 0) is 48.0 Å². The fourth-order valence-electron chi connectivity index (χ4n) is 2.28. The minimum Gasteiger partial charge on any atom is -0.370 e. The summed E-state index contributed by atoms with van der Waals surface area (Å²) in [4.78, 5) is 2.19. The first-order chi connectivity index (χ1) is 10.1. The van der Waals surface area contributed by atoms with Crippen LogP contribution in [0.1, 0.15) is 18.1 Å². The van der Waals surface area contributed by atoms with Gasteiger partial charge in [0.05, 0.1) is 0 Å². The minimum atomic E-state index is -0.196. The monoisotopic (exact) mass is 350 g/mol. The fourth-order valence-corrected chi connectivity index (χ4v) is 2.69. The normalized spacial score (nSPS) is 10.7. The molecule has 0 atom stereocenters. The van der Waals surface area contributed by atoms with Gasteiger partial charge in [-0.15, -0.1) is 0 Å². The second-order valence-corrected chi connectivity index (χ2v) is 5.95. The molecule has 0 fully saturated rings. The molecular formula is C17H20BrFN2. The van der Waals surface area contributed by atoms with Crippen molar-refractivity contribution in [3.05, 3.63) is 63.9 Å². The average Bonchev–Trinajstić information content (AvgIpc) is 2.47. The molecule has 0 aromatic heterocycles. The van der Waals surface area contributed by atoms with E-state index in [0.717, 1.165) is 29.7 Å². The van der Waals surface area contributed by atoms with E-state index in [1.54, 1.807) is 0 Å². The van der Waals surface area contributed by atoms with Gasteiger partial charge in [0.15, 0.2) is 0 Å². The van der Waals surface area contributed by atoms with Crippen molar-refractivity contribution < 1.29 is 4.39 Å². The molecule has 2 rings (SSSR count). The van der Waals surface area contributed by atoms with Crippen LogP contribution in [0.25, 0.3) is 0 Å². The number of nitrogens with zero attached hydrogens (tertiary/aromatic N) is 1. The van der Waals surface area contributed by atoms with Crippen molar-refractivity contribution in [1.29, 1.82) is 0 Å². The Morgan fingerprint density at radius 1 is 1.14 bits per heavy atom. The van der Waals surface area contributed by atoms with Crippen molar-refractivity contribution in [2.75, 3.05) is 18.5 Å². The average molecular weight is 351 g/mol. The molecule has 0 saturated heterocycles. The SMILES string of the molecule is CCNCc1cc(Br)ccc1N(C)Cc1ccc(F)cc1. The molecule has 21 heavy (non-hydrogen) atoms. The van der Waals surface area contributed by atoms with Gasteiger partial charge in [-0.25, -0.2) is 4.39 Å². The number of halogens is 2. The molecule has 4 heteroatoms. The maximum Gasteiger partial charge on any atom is 0.123 e. The third kappa shape index (κ3) is 4.55. The van der Waals surface area contributed by atoms with Gasteiger partial charge < -0.3 is 10.2 Å². The predicted molar refractivity (Wildman–Crippen MR) is 90.0 cm³/mol. The van der Waals surface area contributed by atoms with Crippen LogP contribution in [0, 0.1) is 5.82 Å². The summed E-state index contributed by atoms with van der Waals surface area (Å²) in [6.45, 7) is 4.62. The Labute approximate surface area is 134 Å². The Kier molecular flexibility index (Phi) is 5.76. The van der Waals surface area contributed by atoms with Crippen molar-refractivity contribution in [1.82, 2.24) is 5.32 Å². The second-order valence-electron chi connectivity index (χ2n) is 5.04. The van der Waals surface area contributed by atoms with Gasteiger partial charge in [-0.2, -0.15) is 0 Å². The molecule has 0 radical (unpaired) electrons. The van der Waals surface area contributed by atoms with Gasteiger partial charge in [0, 0.05) is 30.3 Å². The largest absolute Gasteiger partial charge is 0.370 e. The zero-order valence-corrected chi connectivity index (χ0v) is 14.0. The van der Waals surface area contributed by atoms with E-state index in [2.05, 4.69) is 52.3 Å². The van der Waals surface area contributed by atoms with Crippen LogP contribution in [0.3, 0.4) is 0 Å². The van der Waals surface area contributed by atoms with E-state index < -0.39 is 0 Å². The third-order valence-electron chi connectivity index (χ3n) is 3.35. The Bertz CT molecular complexity index is 584. The van der Waals surface area contributed by atoms with E-state index in [9.17, 15) is 4.39 Å². The van der Waals surface area contributed by atoms with Crippen LogP contribution in [-0.4, -0.2) is 13.6 Å². The molecule has 2 aromatic rings. The summed E-state index contributed by atoms with van der Waals surface area (Å²) in [6.07, 6.45) is 0. The van der Waals surface area contributed by atoms with E-state index in [-0.39, 0.29) is 5.82 Å². The molecule has 0 aliphatic carbocycles. The molecule has 0 unspecified atom stereocenters. The molecule has 0 aliphatic heterocycles. The fraction of sp³-hybridized carbons (Fsp3) is 0.294. The van der Waals surface area contributed by atoms with Crippen molar-refractivity contribution in [2.45, 2.75) is 20.0 Å². The van der Waals surface area contributed by atoms with Crippen LogP contribution in [0.15, 0.2) is 46.9 Å². The highest BCUT2D eigenvalue weighted by atomic mass is 79.9. The highest BCUT2D eigenvalue weighted by Crippen LogP contribution is 2.25. The lowest BCUT2D eigenvalue weighted by Crippen LogP contribution is -2.20. The molecule has 112 valence electrons. The van der Waals surface area contributed by atoms with Crippen LogP contribution >= 0.6 is 15.9 Å². The number of hydrogen-bond donors (Lipinski definition) is 1. The topological polar surface area (TPSA) is 15.3 Å². The number of hydrogen-bond acceptors (Lipinski definition) is 2. The van der Waals surface area contributed by atoms with Crippen molar-refractivity contribution in [3.63, 3.8) is 0 Å². The summed E-state index contributed by atoms with van der Waals surface area (Å²) in [6, 6.07) is 13.0. The number of nitrogens with one attached hydrogen (secondary N) is 1. The zero-order chi connectivity index (χ0) is 15.2. The summed E-state index contributed by atoms with van der Waals surface area (Å²) in [5, 5.41) is 3.36. The molecule has 1 N–H and O–H groups in total. The van der Waals surface area contributed by atoms with Crippen LogP contribution in [-0.2, 0) is 13.1 Å². The van der Waals surface area contributed by atoms with Gasteiger partial charge in [-0.3, -0.25) is 0 Å². The van der Waals surface area contributed by atoms with E-state index in [1.165, 1.54) is 23.4 Å². The highest BCUT2D eigenvalue weighted by Gasteiger charge is 2.08. The minimum absolute atomic E-state index is 0.196. The first-order valence-corrected chi connectivity index (χ1v) is 7.84. The van der Waals surface area contributed by atoms with Gasteiger partial charge in [0.25, 0.3) is 0 Å². The van der Waals surface area contributed by atoms with E-state index >= 15 is 0 Å². The summed E-state index contributed by atoms with van der Waals surface area (Å²) < 4.78 is 14.0. The van der Waals surface area contributed by atoms with Crippen molar-refractivity contribution in [2.24, 2.45) is 0 Å². The predicted octanol–water partition coefficient (Wildman–Crippen LogP) is 4.33. The van der Waals surface area contributed by atoms with Crippen LogP contribution < -0.4 is 10.2 Å². The second kappa shape index (κ2) is 7.57. The summed E-state index contributed by atoms with van der Waals surface area (Å²) >= 11 is 3.52. The maximum absolute atomic E-state index is 13.0. The Hall–Kier alpha value is -1.39. The van der Waals surface area contributed by atoms with Gasteiger partial charge in [0.2, 0.25) is 0 Å². The Morgan fingerprint density at radius 2 is 1.86 bits per heavy atom.